The number of aromatic nitrogens is 1. The number of nitrogens with zero attached hydrogens (tertiary/aromatic N) is 1. The predicted molar refractivity (Wildman–Crippen MR) is 75.3 cm³/mol. The molecular formula is C13H16BNO2S. The van der Waals surface area contributed by atoms with Gasteiger partial charge in [-0.3, -0.25) is 4.98 Å². The van der Waals surface area contributed by atoms with Gasteiger partial charge in [-0.25, -0.2) is 0 Å². The van der Waals surface area contributed by atoms with E-state index in [1.807, 2.05) is 17.6 Å². The second-order valence-corrected chi connectivity index (χ2v) is 6.61. The first-order valence-corrected chi connectivity index (χ1v) is 6.96. The number of rotatable bonds is 1. The van der Waals surface area contributed by atoms with Crippen molar-refractivity contribution in [2.45, 2.75) is 38.9 Å². The van der Waals surface area contributed by atoms with Crippen LogP contribution < -0.4 is 5.46 Å². The van der Waals surface area contributed by atoms with Gasteiger partial charge in [0.2, 0.25) is 0 Å². The third kappa shape index (κ3) is 1.78. The maximum Gasteiger partial charge on any atom is 0.496 e. The topological polar surface area (TPSA) is 31.4 Å². The van der Waals surface area contributed by atoms with E-state index in [1.165, 1.54) is 4.70 Å². The van der Waals surface area contributed by atoms with Crippen LogP contribution in [0, 0.1) is 0 Å². The number of hydrogen-bond acceptors (Lipinski definition) is 4. The molecule has 0 aliphatic carbocycles. The van der Waals surface area contributed by atoms with Crippen LogP contribution in [0.1, 0.15) is 27.7 Å². The van der Waals surface area contributed by atoms with Gasteiger partial charge in [0.1, 0.15) is 0 Å². The highest BCUT2D eigenvalue weighted by Gasteiger charge is 2.51. The molecule has 3 nitrogen and oxygen atoms in total. The predicted octanol–water partition coefficient (Wildman–Crippen LogP) is 2.60. The van der Waals surface area contributed by atoms with Crippen LogP contribution in [0.15, 0.2) is 23.7 Å². The van der Waals surface area contributed by atoms with Crippen LogP contribution in [0.3, 0.4) is 0 Å². The van der Waals surface area contributed by atoms with Crippen molar-refractivity contribution in [1.82, 2.24) is 4.98 Å². The third-order valence-electron chi connectivity index (χ3n) is 3.85. The normalized spacial score (nSPS) is 21.7. The maximum atomic E-state index is 6.02. The minimum atomic E-state index is -0.325. The van der Waals surface area contributed by atoms with Crippen molar-refractivity contribution < 1.29 is 9.31 Å². The highest BCUT2D eigenvalue weighted by molar-refractivity contribution is 7.17. The van der Waals surface area contributed by atoms with E-state index in [0.717, 1.165) is 11.0 Å². The van der Waals surface area contributed by atoms with Gasteiger partial charge in [-0.1, -0.05) is 0 Å². The third-order valence-corrected chi connectivity index (χ3v) is 4.70. The van der Waals surface area contributed by atoms with E-state index in [4.69, 9.17) is 9.31 Å². The van der Waals surface area contributed by atoms with Gasteiger partial charge in [0.05, 0.1) is 21.4 Å². The Labute approximate surface area is 111 Å². The van der Waals surface area contributed by atoms with E-state index in [2.05, 4.69) is 38.7 Å². The first kappa shape index (κ1) is 12.1. The molecule has 0 N–H and O–H groups in total. The molecule has 94 valence electrons. The van der Waals surface area contributed by atoms with Gasteiger partial charge < -0.3 is 9.31 Å². The molecule has 0 amide bonds. The minimum Gasteiger partial charge on any atom is -0.399 e. The summed E-state index contributed by atoms with van der Waals surface area (Å²) >= 11 is 1.69. The largest absolute Gasteiger partial charge is 0.496 e. The van der Waals surface area contributed by atoms with Crippen LogP contribution in [0.4, 0.5) is 0 Å². The lowest BCUT2D eigenvalue weighted by atomic mass is 9.80. The van der Waals surface area contributed by atoms with E-state index in [1.54, 1.807) is 11.3 Å². The fourth-order valence-corrected chi connectivity index (χ4v) is 2.76. The quantitative estimate of drug-likeness (QED) is 0.739. The minimum absolute atomic E-state index is 0.303. The van der Waals surface area contributed by atoms with Gasteiger partial charge in [-0.2, -0.15) is 0 Å². The van der Waals surface area contributed by atoms with E-state index < -0.39 is 0 Å². The Morgan fingerprint density at radius 2 is 1.83 bits per heavy atom. The zero-order valence-electron chi connectivity index (χ0n) is 11.1. The fraction of sp³-hybridized carbons (Fsp3) is 0.462. The summed E-state index contributed by atoms with van der Waals surface area (Å²) in [5.41, 5.74) is 1.41. The fourth-order valence-electron chi connectivity index (χ4n) is 1.97. The number of pyridine rings is 1. The molecule has 0 saturated carbocycles. The Bertz CT molecular complexity index is 577. The van der Waals surface area contributed by atoms with Gasteiger partial charge in [0.25, 0.3) is 0 Å². The summed E-state index contributed by atoms with van der Waals surface area (Å²) < 4.78 is 13.2. The average Bonchev–Trinajstić information content (AvgIpc) is 2.80. The summed E-state index contributed by atoms with van der Waals surface area (Å²) in [7, 11) is -0.325. The van der Waals surface area contributed by atoms with Gasteiger partial charge >= 0.3 is 7.12 Å². The molecule has 1 aliphatic heterocycles. The first-order chi connectivity index (χ1) is 8.39. The summed E-state index contributed by atoms with van der Waals surface area (Å²) in [6.45, 7) is 8.24. The molecule has 2 aromatic heterocycles. The van der Waals surface area contributed by atoms with E-state index in [9.17, 15) is 0 Å². The Morgan fingerprint density at radius 1 is 1.17 bits per heavy atom. The summed E-state index contributed by atoms with van der Waals surface area (Å²) in [5.74, 6) is 0. The summed E-state index contributed by atoms with van der Waals surface area (Å²) in [5, 5.41) is 2.05. The maximum absolute atomic E-state index is 6.02. The summed E-state index contributed by atoms with van der Waals surface area (Å²) in [6.07, 6.45) is 1.84. The molecule has 3 rings (SSSR count). The van der Waals surface area contributed by atoms with Crippen molar-refractivity contribution in [3.8, 4) is 0 Å². The number of fused-ring (bicyclic) bond motifs is 1. The van der Waals surface area contributed by atoms with Crippen LogP contribution in [0.25, 0.3) is 10.2 Å². The molecule has 3 heterocycles. The standard InChI is InChI=1S/C13H16BNO2S/c1-12(2)13(3,4)17-14(16-12)9-7-11-10(15-8-9)5-6-18-11/h5-8H,1-4H3. The Hall–Kier alpha value is -0.905. The lowest BCUT2D eigenvalue weighted by molar-refractivity contribution is 0.00578. The van der Waals surface area contributed by atoms with Crippen molar-refractivity contribution >= 4 is 34.1 Å². The number of hydrogen-bond donors (Lipinski definition) is 0. The zero-order chi connectivity index (χ0) is 13.0. The SMILES string of the molecule is CC1(C)OB(c2cnc3ccsc3c2)OC1(C)C. The van der Waals surface area contributed by atoms with Gasteiger partial charge in [0, 0.05) is 11.7 Å². The second-order valence-electron chi connectivity index (χ2n) is 5.66. The van der Waals surface area contributed by atoms with E-state index >= 15 is 0 Å². The van der Waals surface area contributed by atoms with Gasteiger partial charge in [-0.15, -0.1) is 11.3 Å². The Balaban J connectivity index is 1.96. The molecule has 2 aromatic rings. The van der Waals surface area contributed by atoms with Crippen LogP contribution in [0.5, 0.6) is 0 Å². The van der Waals surface area contributed by atoms with Crippen LogP contribution in [-0.4, -0.2) is 23.3 Å². The molecule has 1 saturated heterocycles. The highest BCUT2D eigenvalue weighted by Crippen LogP contribution is 2.36. The zero-order valence-corrected chi connectivity index (χ0v) is 11.9. The smallest absolute Gasteiger partial charge is 0.399 e. The molecule has 0 atom stereocenters. The van der Waals surface area contributed by atoms with Crippen molar-refractivity contribution in [1.29, 1.82) is 0 Å². The Kier molecular flexibility index (Phi) is 2.56. The van der Waals surface area contributed by atoms with Crippen molar-refractivity contribution in [2.75, 3.05) is 0 Å². The highest BCUT2D eigenvalue weighted by atomic mass is 32.1. The molecule has 1 fully saturated rings. The van der Waals surface area contributed by atoms with Crippen LogP contribution in [-0.2, 0) is 9.31 Å². The molecule has 0 aromatic carbocycles. The monoisotopic (exact) mass is 261 g/mol. The second kappa shape index (κ2) is 3.79. The van der Waals surface area contributed by atoms with Gasteiger partial charge in [0.15, 0.2) is 0 Å². The lowest BCUT2D eigenvalue weighted by Gasteiger charge is -2.32. The van der Waals surface area contributed by atoms with E-state index in [0.29, 0.717) is 0 Å². The lowest BCUT2D eigenvalue weighted by Crippen LogP contribution is -2.41. The van der Waals surface area contributed by atoms with Crippen molar-refractivity contribution in [3.05, 3.63) is 23.7 Å². The molecule has 0 radical (unpaired) electrons. The van der Waals surface area contributed by atoms with Crippen molar-refractivity contribution in [2.24, 2.45) is 0 Å². The van der Waals surface area contributed by atoms with Crippen molar-refractivity contribution in [3.63, 3.8) is 0 Å². The first-order valence-electron chi connectivity index (χ1n) is 6.08. The summed E-state index contributed by atoms with van der Waals surface area (Å²) in [4.78, 5) is 4.43. The van der Waals surface area contributed by atoms with Crippen LogP contribution >= 0.6 is 11.3 Å². The molecule has 5 heteroatoms. The van der Waals surface area contributed by atoms with E-state index in [-0.39, 0.29) is 18.3 Å². The Morgan fingerprint density at radius 3 is 2.50 bits per heavy atom. The van der Waals surface area contributed by atoms with Gasteiger partial charge in [-0.05, 0) is 45.2 Å². The van der Waals surface area contributed by atoms with Crippen LogP contribution in [0.2, 0.25) is 0 Å². The molecule has 0 bridgehead atoms. The molecule has 0 unspecified atom stereocenters. The molecule has 0 spiro atoms. The molecule has 18 heavy (non-hydrogen) atoms. The number of thiophene rings is 1. The summed E-state index contributed by atoms with van der Waals surface area (Å²) in [6, 6.07) is 4.13. The average molecular weight is 261 g/mol. The molecular weight excluding hydrogens is 245 g/mol. The molecule has 1 aliphatic rings.